The Labute approximate surface area is 166 Å². The molecule has 8 nitrogen and oxygen atoms in total. The lowest BCUT2D eigenvalue weighted by Gasteiger charge is -2.07. The lowest BCUT2D eigenvalue weighted by molar-refractivity contribution is -0.118. The highest BCUT2D eigenvalue weighted by molar-refractivity contribution is 7.99. The van der Waals surface area contributed by atoms with Gasteiger partial charge in [-0.3, -0.25) is 9.36 Å². The van der Waals surface area contributed by atoms with Crippen LogP contribution in [0.4, 0.5) is 0 Å². The first-order valence-electron chi connectivity index (χ1n) is 8.37. The number of phenolic OH excluding ortho intramolecular Hbond substituents is 1. The molecule has 0 bridgehead atoms. The fourth-order valence-corrected chi connectivity index (χ4v) is 3.20. The van der Waals surface area contributed by atoms with Crippen molar-refractivity contribution >= 4 is 23.9 Å². The maximum atomic E-state index is 12.1. The van der Waals surface area contributed by atoms with Crippen LogP contribution in [0.3, 0.4) is 0 Å². The number of carbonyl (C=O) groups excluding carboxylic acids is 1. The van der Waals surface area contributed by atoms with Gasteiger partial charge in [0.1, 0.15) is 17.3 Å². The number of nitrogens with zero attached hydrogens (tertiary/aromatic N) is 4. The van der Waals surface area contributed by atoms with Gasteiger partial charge in [-0.05, 0) is 37.3 Å². The number of phenols is 1. The summed E-state index contributed by atoms with van der Waals surface area (Å²) in [6, 6.07) is 14.4. The molecule has 0 aliphatic rings. The van der Waals surface area contributed by atoms with Crippen LogP contribution in [0.2, 0.25) is 0 Å². The summed E-state index contributed by atoms with van der Waals surface area (Å²) < 4.78 is 6.98. The maximum absolute atomic E-state index is 12.1. The van der Waals surface area contributed by atoms with Crippen LogP contribution >= 0.6 is 11.8 Å². The summed E-state index contributed by atoms with van der Waals surface area (Å²) in [6.45, 7) is 1.86. The number of hydrazone groups is 1. The van der Waals surface area contributed by atoms with Crippen molar-refractivity contribution in [2.75, 3.05) is 12.9 Å². The Morgan fingerprint density at radius 1 is 1.29 bits per heavy atom. The molecule has 0 aliphatic carbocycles. The normalized spacial score (nSPS) is 10.9. The molecule has 3 aromatic rings. The maximum Gasteiger partial charge on any atom is 0.250 e. The van der Waals surface area contributed by atoms with E-state index in [-0.39, 0.29) is 17.4 Å². The molecule has 0 radical (unpaired) electrons. The zero-order valence-electron chi connectivity index (χ0n) is 15.4. The molecule has 0 saturated heterocycles. The van der Waals surface area contributed by atoms with Crippen LogP contribution in [-0.4, -0.2) is 44.9 Å². The number of carbonyl (C=O) groups is 1. The zero-order valence-corrected chi connectivity index (χ0v) is 16.2. The average Bonchev–Trinajstić information content (AvgIpc) is 3.09. The molecule has 1 heterocycles. The van der Waals surface area contributed by atoms with Gasteiger partial charge in [-0.2, -0.15) is 5.10 Å². The third-order valence-electron chi connectivity index (χ3n) is 3.77. The van der Waals surface area contributed by atoms with E-state index < -0.39 is 0 Å². The van der Waals surface area contributed by atoms with Crippen molar-refractivity contribution in [3.8, 4) is 17.2 Å². The molecule has 2 N–H and O–H groups in total. The van der Waals surface area contributed by atoms with E-state index in [0.717, 1.165) is 11.5 Å². The van der Waals surface area contributed by atoms with Gasteiger partial charge >= 0.3 is 0 Å². The van der Waals surface area contributed by atoms with E-state index in [1.165, 1.54) is 31.2 Å². The second-order valence-electron chi connectivity index (χ2n) is 5.71. The summed E-state index contributed by atoms with van der Waals surface area (Å²) in [6.07, 6.45) is 1.36. The predicted molar refractivity (Wildman–Crippen MR) is 107 cm³/mol. The summed E-state index contributed by atoms with van der Waals surface area (Å²) in [5.74, 6) is 1.17. The number of ether oxygens (including phenoxy) is 1. The third kappa shape index (κ3) is 4.68. The number of hydrogen-bond donors (Lipinski definition) is 2. The van der Waals surface area contributed by atoms with Gasteiger partial charge < -0.3 is 9.84 Å². The fraction of sp³-hybridized carbons (Fsp3) is 0.158. The van der Waals surface area contributed by atoms with Gasteiger partial charge in [0, 0.05) is 11.3 Å². The lowest BCUT2D eigenvalue weighted by atomic mass is 10.2. The first-order chi connectivity index (χ1) is 13.6. The van der Waals surface area contributed by atoms with E-state index >= 15 is 0 Å². The van der Waals surface area contributed by atoms with Crippen molar-refractivity contribution in [1.82, 2.24) is 20.2 Å². The monoisotopic (exact) mass is 397 g/mol. The van der Waals surface area contributed by atoms with Gasteiger partial charge in [0.25, 0.3) is 5.91 Å². The number of amides is 1. The third-order valence-corrected chi connectivity index (χ3v) is 4.70. The van der Waals surface area contributed by atoms with Gasteiger partial charge in [-0.15, -0.1) is 10.2 Å². The Morgan fingerprint density at radius 3 is 2.82 bits per heavy atom. The molecule has 0 atom stereocenters. The zero-order chi connectivity index (χ0) is 19.9. The SMILES string of the molecule is COc1ccc(O)c(/C=N\NC(=O)CSc2nnc(C)n2-c2ccccc2)c1. The van der Waals surface area contributed by atoms with Gasteiger partial charge in [-0.1, -0.05) is 30.0 Å². The summed E-state index contributed by atoms with van der Waals surface area (Å²) in [5, 5.41) is 22.5. The summed E-state index contributed by atoms with van der Waals surface area (Å²) in [5.41, 5.74) is 3.80. The van der Waals surface area contributed by atoms with Crippen LogP contribution < -0.4 is 10.2 Å². The number of thioether (sulfide) groups is 1. The Balaban J connectivity index is 1.60. The summed E-state index contributed by atoms with van der Waals surface area (Å²) in [4.78, 5) is 12.1. The first kappa shape index (κ1) is 19.4. The highest BCUT2D eigenvalue weighted by atomic mass is 32.2. The number of benzene rings is 2. The van der Waals surface area contributed by atoms with Crippen molar-refractivity contribution in [3.05, 3.63) is 59.9 Å². The highest BCUT2D eigenvalue weighted by Crippen LogP contribution is 2.22. The predicted octanol–water partition coefficient (Wildman–Crippen LogP) is 2.53. The number of aryl methyl sites for hydroxylation is 1. The molecular weight excluding hydrogens is 378 g/mol. The van der Waals surface area contributed by atoms with Crippen LogP contribution in [0.15, 0.2) is 58.8 Å². The van der Waals surface area contributed by atoms with E-state index in [1.807, 2.05) is 41.8 Å². The molecule has 9 heteroatoms. The fourth-order valence-electron chi connectivity index (χ4n) is 2.41. The molecule has 3 rings (SSSR count). The van der Waals surface area contributed by atoms with Crippen LogP contribution in [0.25, 0.3) is 5.69 Å². The Kier molecular flexibility index (Phi) is 6.28. The van der Waals surface area contributed by atoms with Gasteiger partial charge in [-0.25, -0.2) is 5.43 Å². The molecule has 0 spiro atoms. The molecule has 0 unspecified atom stereocenters. The number of aromatic nitrogens is 3. The molecular formula is C19H19N5O3S. The minimum Gasteiger partial charge on any atom is -0.507 e. The van der Waals surface area contributed by atoms with Gasteiger partial charge in [0.15, 0.2) is 5.16 Å². The van der Waals surface area contributed by atoms with Crippen molar-refractivity contribution in [1.29, 1.82) is 0 Å². The van der Waals surface area contributed by atoms with E-state index in [4.69, 9.17) is 4.74 Å². The molecule has 28 heavy (non-hydrogen) atoms. The molecule has 0 aliphatic heterocycles. The van der Waals surface area contributed by atoms with E-state index in [9.17, 15) is 9.90 Å². The highest BCUT2D eigenvalue weighted by Gasteiger charge is 2.13. The van der Waals surface area contributed by atoms with Crippen LogP contribution in [-0.2, 0) is 4.79 Å². The Hall–Kier alpha value is -3.33. The van der Waals surface area contributed by atoms with Crippen molar-refractivity contribution in [2.24, 2.45) is 5.10 Å². The van der Waals surface area contributed by atoms with Gasteiger partial charge in [0.05, 0.1) is 19.1 Å². The standard InChI is InChI=1S/C19H19N5O3S/c1-13-21-23-19(24(13)15-6-4-3-5-7-15)28-12-18(26)22-20-11-14-10-16(27-2)8-9-17(14)25/h3-11,25H,12H2,1-2H3,(H,22,26)/b20-11-. The molecule has 0 fully saturated rings. The summed E-state index contributed by atoms with van der Waals surface area (Å²) in [7, 11) is 1.53. The molecule has 2 aromatic carbocycles. The van der Waals surface area contributed by atoms with Crippen LogP contribution in [0.5, 0.6) is 11.5 Å². The lowest BCUT2D eigenvalue weighted by Crippen LogP contribution is -2.20. The smallest absolute Gasteiger partial charge is 0.250 e. The quantitative estimate of drug-likeness (QED) is 0.361. The Morgan fingerprint density at radius 2 is 2.07 bits per heavy atom. The molecule has 1 amide bonds. The van der Waals surface area contributed by atoms with E-state index in [0.29, 0.717) is 16.5 Å². The van der Waals surface area contributed by atoms with Crippen molar-refractivity contribution in [2.45, 2.75) is 12.1 Å². The van der Waals surface area contributed by atoms with Crippen LogP contribution in [0.1, 0.15) is 11.4 Å². The van der Waals surface area contributed by atoms with Crippen LogP contribution in [0, 0.1) is 6.92 Å². The number of rotatable bonds is 7. The van der Waals surface area contributed by atoms with E-state index in [1.54, 1.807) is 12.1 Å². The number of nitrogens with one attached hydrogen (secondary N) is 1. The van der Waals surface area contributed by atoms with E-state index in [2.05, 4.69) is 20.7 Å². The second-order valence-corrected chi connectivity index (χ2v) is 6.65. The van der Waals surface area contributed by atoms with Crippen molar-refractivity contribution < 1.29 is 14.6 Å². The molecule has 0 saturated carbocycles. The topological polar surface area (TPSA) is 102 Å². The minimum absolute atomic E-state index is 0.0413. The largest absolute Gasteiger partial charge is 0.507 e. The molecule has 144 valence electrons. The van der Waals surface area contributed by atoms with Gasteiger partial charge in [0.2, 0.25) is 0 Å². The first-order valence-corrected chi connectivity index (χ1v) is 9.36. The number of methoxy groups -OCH3 is 1. The summed E-state index contributed by atoms with van der Waals surface area (Å²) >= 11 is 1.26. The Bertz CT molecular complexity index is 988. The number of para-hydroxylation sites is 1. The minimum atomic E-state index is -0.302. The molecule has 1 aromatic heterocycles. The van der Waals surface area contributed by atoms with Crippen molar-refractivity contribution in [3.63, 3.8) is 0 Å². The second kappa shape index (κ2) is 9.05. The average molecular weight is 397 g/mol. The number of hydrogen-bond acceptors (Lipinski definition) is 7. The number of aromatic hydroxyl groups is 1.